The molecule has 2 heterocycles. The minimum absolute atomic E-state index is 0. The smallest absolute Gasteiger partial charge is 0.349 e. The predicted octanol–water partition coefficient (Wildman–Crippen LogP) is 1.94. The Labute approximate surface area is 134 Å². The van der Waals surface area contributed by atoms with Gasteiger partial charge in [-0.1, -0.05) is 25.1 Å². The Hall–Kier alpha value is -1.85. The van der Waals surface area contributed by atoms with Gasteiger partial charge in [-0.25, -0.2) is 4.79 Å². The van der Waals surface area contributed by atoms with E-state index in [0.717, 1.165) is 24.9 Å². The SMILES string of the molecule is CC1CNCCC1NC(=O)c1cc2ccccc2oc1=O.Cl. The third kappa shape index (κ3) is 3.31. The maximum Gasteiger partial charge on any atom is 0.349 e. The van der Waals surface area contributed by atoms with Gasteiger partial charge in [-0.05, 0) is 37.6 Å². The molecule has 3 rings (SSSR count). The molecule has 1 amide bonds. The van der Waals surface area contributed by atoms with Crippen LogP contribution in [-0.4, -0.2) is 25.0 Å². The van der Waals surface area contributed by atoms with Gasteiger partial charge in [0, 0.05) is 11.4 Å². The van der Waals surface area contributed by atoms with Crippen molar-refractivity contribution in [3.63, 3.8) is 0 Å². The van der Waals surface area contributed by atoms with E-state index < -0.39 is 5.63 Å². The lowest BCUT2D eigenvalue weighted by Gasteiger charge is -2.30. The standard InChI is InChI=1S/C16H18N2O3.ClH/c1-10-9-17-7-6-13(10)18-15(19)12-8-11-4-2-3-5-14(11)21-16(12)20;/h2-5,8,10,13,17H,6-7,9H2,1H3,(H,18,19);1H. The number of piperidine rings is 1. The van der Waals surface area contributed by atoms with Crippen LogP contribution in [0.3, 0.4) is 0 Å². The fourth-order valence-electron chi connectivity index (χ4n) is 2.69. The van der Waals surface area contributed by atoms with Crippen LogP contribution < -0.4 is 16.3 Å². The summed E-state index contributed by atoms with van der Waals surface area (Å²) in [7, 11) is 0. The zero-order chi connectivity index (χ0) is 14.8. The zero-order valence-corrected chi connectivity index (χ0v) is 13.1. The fraction of sp³-hybridized carbons (Fsp3) is 0.375. The molecule has 1 aliphatic heterocycles. The number of hydrogen-bond donors (Lipinski definition) is 2. The molecule has 22 heavy (non-hydrogen) atoms. The molecule has 1 aromatic heterocycles. The summed E-state index contributed by atoms with van der Waals surface area (Å²) in [6, 6.07) is 8.86. The maximum absolute atomic E-state index is 12.3. The number of nitrogens with one attached hydrogen (secondary N) is 2. The molecule has 6 heteroatoms. The molecule has 2 atom stereocenters. The number of rotatable bonds is 2. The quantitative estimate of drug-likeness (QED) is 0.829. The number of fused-ring (bicyclic) bond motifs is 1. The largest absolute Gasteiger partial charge is 0.422 e. The number of hydrogen-bond acceptors (Lipinski definition) is 4. The summed E-state index contributed by atoms with van der Waals surface area (Å²) in [5.41, 5.74) is -0.0264. The first-order chi connectivity index (χ1) is 10.1. The Morgan fingerprint density at radius 1 is 1.36 bits per heavy atom. The molecule has 0 bridgehead atoms. The molecule has 2 aromatic rings. The van der Waals surface area contributed by atoms with Gasteiger partial charge in [-0.3, -0.25) is 4.79 Å². The van der Waals surface area contributed by atoms with Crippen LogP contribution in [-0.2, 0) is 0 Å². The first kappa shape index (κ1) is 16.5. The molecular weight excluding hydrogens is 304 g/mol. The van der Waals surface area contributed by atoms with Crippen molar-refractivity contribution in [1.82, 2.24) is 10.6 Å². The molecule has 1 fully saturated rings. The second-order valence-electron chi connectivity index (χ2n) is 5.54. The van der Waals surface area contributed by atoms with E-state index >= 15 is 0 Å². The first-order valence-electron chi connectivity index (χ1n) is 7.19. The predicted molar refractivity (Wildman–Crippen MR) is 87.6 cm³/mol. The lowest BCUT2D eigenvalue weighted by molar-refractivity contribution is 0.0910. The first-order valence-corrected chi connectivity index (χ1v) is 7.19. The van der Waals surface area contributed by atoms with Crippen LogP contribution in [0.25, 0.3) is 11.0 Å². The van der Waals surface area contributed by atoms with Gasteiger partial charge in [-0.2, -0.15) is 0 Å². The van der Waals surface area contributed by atoms with Gasteiger partial charge in [0.1, 0.15) is 11.1 Å². The van der Waals surface area contributed by atoms with Crippen molar-refractivity contribution in [3.8, 4) is 0 Å². The second kappa shape index (κ2) is 6.94. The highest BCUT2D eigenvalue weighted by Gasteiger charge is 2.24. The molecule has 0 spiro atoms. The van der Waals surface area contributed by atoms with Crippen LogP contribution >= 0.6 is 12.4 Å². The minimum atomic E-state index is -0.590. The van der Waals surface area contributed by atoms with E-state index in [9.17, 15) is 9.59 Å². The van der Waals surface area contributed by atoms with E-state index in [0.29, 0.717) is 11.5 Å². The van der Waals surface area contributed by atoms with Crippen molar-refractivity contribution in [3.05, 3.63) is 46.3 Å². The molecule has 1 saturated heterocycles. The van der Waals surface area contributed by atoms with Crippen LogP contribution in [0, 0.1) is 5.92 Å². The molecule has 1 aromatic carbocycles. The molecule has 118 valence electrons. The van der Waals surface area contributed by atoms with Crippen LogP contribution in [0.15, 0.2) is 39.5 Å². The topological polar surface area (TPSA) is 71.3 Å². The molecule has 2 N–H and O–H groups in total. The molecule has 0 radical (unpaired) electrons. The number of benzene rings is 1. The molecular formula is C16H19ClN2O3. The van der Waals surface area contributed by atoms with E-state index in [4.69, 9.17) is 4.42 Å². The summed E-state index contributed by atoms with van der Waals surface area (Å²) in [5, 5.41) is 6.98. The third-order valence-electron chi connectivity index (χ3n) is 3.99. The summed E-state index contributed by atoms with van der Waals surface area (Å²) >= 11 is 0. The normalized spacial score (nSPS) is 21.1. The Morgan fingerprint density at radius 2 is 2.14 bits per heavy atom. The Bertz CT molecular complexity index is 729. The zero-order valence-electron chi connectivity index (χ0n) is 12.3. The van der Waals surface area contributed by atoms with Gasteiger partial charge >= 0.3 is 5.63 Å². The minimum Gasteiger partial charge on any atom is -0.422 e. The van der Waals surface area contributed by atoms with Gasteiger partial charge < -0.3 is 15.1 Å². The molecule has 0 aliphatic carbocycles. The van der Waals surface area contributed by atoms with E-state index in [2.05, 4.69) is 17.6 Å². The van der Waals surface area contributed by atoms with Gasteiger partial charge in [0.25, 0.3) is 5.91 Å². The van der Waals surface area contributed by atoms with Gasteiger partial charge in [0.2, 0.25) is 0 Å². The van der Waals surface area contributed by atoms with E-state index in [-0.39, 0.29) is 29.9 Å². The second-order valence-corrected chi connectivity index (χ2v) is 5.54. The van der Waals surface area contributed by atoms with Crippen LogP contribution in [0.5, 0.6) is 0 Å². The van der Waals surface area contributed by atoms with Crippen molar-refractivity contribution in [1.29, 1.82) is 0 Å². The van der Waals surface area contributed by atoms with Crippen LogP contribution in [0.4, 0.5) is 0 Å². The Kier molecular flexibility index (Phi) is 5.21. The number of halogens is 1. The fourth-order valence-corrected chi connectivity index (χ4v) is 2.69. The number of amides is 1. The summed E-state index contributed by atoms with van der Waals surface area (Å²) in [6.45, 7) is 3.83. The van der Waals surface area contributed by atoms with Crippen molar-refractivity contribution in [2.45, 2.75) is 19.4 Å². The Balaban J connectivity index is 0.00000176. The Morgan fingerprint density at radius 3 is 2.91 bits per heavy atom. The third-order valence-corrected chi connectivity index (χ3v) is 3.99. The van der Waals surface area contributed by atoms with E-state index in [1.807, 2.05) is 12.1 Å². The van der Waals surface area contributed by atoms with Gasteiger partial charge in [-0.15, -0.1) is 12.4 Å². The highest BCUT2D eigenvalue weighted by molar-refractivity contribution is 5.96. The van der Waals surface area contributed by atoms with Crippen molar-refractivity contribution in [2.75, 3.05) is 13.1 Å². The van der Waals surface area contributed by atoms with Crippen molar-refractivity contribution < 1.29 is 9.21 Å². The molecule has 2 unspecified atom stereocenters. The summed E-state index contributed by atoms with van der Waals surface area (Å²) in [6.07, 6.45) is 0.867. The van der Waals surface area contributed by atoms with E-state index in [1.54, 1.807) is 18.2 Å². The number of carbonyl (C=O) groups excluding carboxylic acids is 1. The highest BCUT2D eigenvalue weighted by Crippen LogP contribution is 2.14. The van der Waals surface area contributed by atoms with Gasteiger partial charge in [0.15, 0.2) is 0 Å². The average molecular weight is 323 g/mol. The van der Waals surface area contributed by atoms with Gasteiger partial charge in [0.05, 0.1) is 0 Å². The van der Waals surface area contributed by atoms with Crippen LogP contribution in [0.2, 0.25) is 0 Å². The summed E-state index contributed by atoms with van der Waals surface area (Å²) in [4.78, 5) is 24.3. The summed E-state index contributed by atoms with van der Waals surface area (Å²) in [5.74, 6) is -0.0107. The average Bonchev–Trinajstić information content (AvgIpc) is 2.49. The molecule has 1 aliphatic rings. The highest BCUT2D eigenvalue weighted by atomic mass is 35.5. The van der Waals surface area contributed by atoms with Crippen LogP contribution in [0.1, 0.15) is 23.7 Å². The van der Waals surface area contributed by atoms with E-state index in [1.165, 1.54) is 0 Å². The molecule has 0 saturated carbocycles. The van der Waals surface area contributed by atoms with Crippen molar-refractivity contribution >= 4 is 29.3 Å². The lowest BCUT2D eigenvalue weighted by Crippen LogP contribution is -2.49. The number of carbonyl (C=O) groups is 1. The van der Waals surface area contributed by atoms with Crippen molar-refractivity contribution in [2.24, 2.45) is 5.92 Å². The number of para-hydroxylation sites is 1. The monoisotopic (exact) mass is 322 g/mol. The maximum atomic E-state index is 12.3. The lowest BCUT2D eigenvalue weighted by atomic mass is 9.95. The molecule has 5 nitrogen and oxygen atoms in total. The summed E-state index contributed by atoms with van der Waals surface area (Å²) < 4.78 is 5.20.